The number of aryl methyl sites for hydroxylation is 1. The second-order valence-electron chi connectivity index (χ2n) is 4.26. The third-order valence-corrected chi connectivity index (χ3v) is 4.15. The van der Waals surface area contributed by atoms with Gasteiger partial charge in [0.25, 0.3) is 0 Å². The first-order valence-electron chi connectivity index (χ1n) is 5.89. The Morgan fingerprint density at radius 1 is 1.38 bits per heavy atom. The molecule has 2 rings (SSSR count). The molecule has 0 radical (unpaired) electrons. The van der Waals surface area contributed by atoms with Gasteiger partial charge in [0, 0.05) is 20.0 Å². The van der Waals surface area contributed by atoms with E-state index in [2.05, 4.69) is 14.8 Å². The van der Waals surface area contributed by atoms with Gasteiger partial charge in [0.1, 0.15) is 22.7 Å². The van der Waals surface area contributed by atoms with Gasteiger partial charge >= 0.3 is 0 Å². The first-order chi connectivity index (χ1) is 9.81. The third kappa shape index (κ3) is 3.34. The number of anilines is 1. The molecule has 0 saturated carbocycles. The fourth-order valence-corrected chi connectivity index (χ4v) is 2.75. The minimum Gasteiger partial charge on any atom is -0.394 e. The zero-order chi connectivity index (χ0) is 15.6. The Morgan fingerprint density at radius 2 is 2.10 bits per heavy atom. The molecule has 0 aliphatic carbocycles. The fourth-order valence-electron chi connectivity index (χ4n) is 1.63. The van der Waals surface area contributed by atoms with Gasteiger partial charge in [-0.2, -0.15) is 5.10 Å². The van der Waals surface area contributed by atoms with Crippen molar-refractivity contribution in [2.45, 2.75) is 11.3 Å². The predicted octanol–water partition coefficient (Wildman–Crippen LogP) is 0.197. The van der Waals surface area contributed by atoms with Crippen LogP contribution in [0.3, 0.4) is 0 Å². The Bertz CT molecular complexity index is 760. The van der Waals surface area contributed by atoms with Crippen LogP contribution < -0.4 is 10.5 Å². The summed E-state index contributed by atoms with van der Waals surface area (Å²) in [5, 5.41) is 3.97. The molecule has 0 saturated heterocycles. The molecule has 7 nitrogen and oxygen atoms in total. The summed E-state index contributed by atoms with van der Waals surface area (Å²) >= 11 is 0. The number of sulfonamides is 1. The highest BCUT2D eigenvalue weighted by molar-refractivity contribution is 7.89. The molecule has 3 N–H and O–H groups in total. The van der Waals surface area contributed by atoms with E-state index in [0.717, 1.165) is 12.1 Å². The van der Waals surface area contributed by atoms with E-state index >= 15 is 0 Å². The molecular weight excluding hydrogens is 304 g/mol. The van der Waals surface area contributed by atoms with Crippen LogP contribution in [0.5, 0.6) is 0 Å². The zero-order valence-electron chi connectivity index (χ0n) is 11.0. The highest BCUT2D eigenvalue weighted by Crippen LogP contribution is 2.22. The van der Waals surface area contributed by atoms with Crippen molar-refractivity contribution >= 4 is 15.7 Å². The van der Waals surface area contributed by atoms with Crippen LogP contribution in [0.25, 0.3) is 0 Å². The van der Waals surface area contributed by atoms with Crippen molar-refractivity contribution in [1.29, 1.82) is 0 Å². The molecule has 0 aliphatic heterocycles. The lowest BCUT2D eigenvalue weighted by molar-refractivity contribution is 0.548. The maximum absolute atomic E-state index is 13.7. The lowest BCUT2D eigenvalue weighted by Crippen LogP contribution is -2.27. The second-order valence-corrected chi connectivity index (χ2v) is 5.99. The van der Waals surface area contributed by atoms with E-state index in [1.54, 1.807) is 7.05 Å². The zero-order valence-corrected chi connectivity index (χ0v) is 11.9. The number of nitrogens with one attached hydrogen (secondary N) is 1. The van der Waals surface area contributed by atoms with E-state index in [1.807, 2.05) is 0 Å². The molecule has 1 aromatic carbocycles. The van der Waals surface area contributed by atoms with Crippen molar-refractivity contribution in [3.63, 3.8) is 0 Å². The lowest BCUT2D eigenvalue weighted by Gasteiger charge is -2.08. The van der Waals surface area contributed by atoms with Gasteiger partial charge in [0.15, 0.2) is 11.6 Å². The second kappa shape index (κ2) is 5.74. The average Bonchev–Trinajstić information content (AvgIpc) is 2.81. The van der Waals surface area contributed by atoms with Crippen molar-refractivity contribution in [3.8, 4) is 0 Å². The molecule has 2 aromatic rings. The molecule has 0 aliphatic rings. The number of benzene rings is 1. The number of nitrogen functional groups attached to an aromatic ring is 1. The van der Waals surface area contributed by atoms with Crippen molar-refractivity contribution in [2.24, 2.45) is 7.05 Å². The molecular formula is C11H13F2N5O2S. The standard InChI is InChI=1S/C11H13F2N5O2S/c1-18-6-15-9(17-18)4-5-16-21(19,20)8-3-2-7(12)11(14)10(8)13/h2-3,6,16H,4-5,14H2,1H3. The topological polar surface area (TPSA) is 103 Å². The van der Waals surface area contributed by atoms with Crippen LogP contribution in [0, 0.1) is 11.6 Å². The van der Waals surface area contributed by atoms with Crippen LogP contribution in [-0.2, 0) is 23.5 Å². The third-order valence-electron chi connectivity index (χ3n) is 2.67. The minimum absolute atomic E-state index is 0.0247. The minimum atomic E-state index is -4.13. The average molecular weight is 317 g/mol. The van der Waals surface area contributed by atoms with Crippen molar-refractivity contribution in [1.82, 2.24) is 19.5 Å². The monoisotopic (exact) mass is 317 g/mol. The van der Waals surface area contributed by atoms with E-state index in [4.69, 9.17) is 5.73 Å². The normalized spacial score (nSPS) is 11.8. The Morgan fingerprint density at radius 3 is 2.71 bits per heavy atom. The molecule has 0 unspecified atom stereocenters. The number of halogens is 2. The summed E-state index contributed by atoms with van der Waals surface area (Å²) in [7, 11) is -2.45. The van der Waals surface area contributed by atoms with Gasteiger partial charge in [0.2, 0.25) is 10.0 Å². The summed E-state index contributed by atoms with van der Waals surface area (Å²) in [5.74, 6) is -1.87. The van der Waals surface area contributed by atoms with E-state index in [9.17, 15) is 17.2 Å². The molecule has 0 amide bonds. The molecule has 1 aromatic heterocycles. The van der Waals surface area contributed by atoms with E-state index in [-0.39, 0.29) is 13.0 Å². The maximum Gasteiger partial charge on any atom is 0.243 e. The van der Waals surface area contributed by atoms with Crippen molar-refractivity contribution in [3.05, 3.63) is 35.9 Å². The number of hydrogen-bond acceptors (Lipinski definition) is 5. The molecule has 114 valence electrons. The largest absolute Gasteiger partial charge is 0.394 e. The van der Waals surface area contributed by atoms with Crippen molar-refractivity contribution < 1.29 is 17.2 Å². The smallest absolute Gasteiger partial charge is 0.243 e. The van der Waals surface area contributed by atoms with Gasteiger partial charge < -0.3 is 5.73 Å². The Labute approximate surface area is 119 Å². The lowest BCUT2D eigenvalue weighted by atomic mass is 10.3. The van der Waals surface area contributed by atoms with E-state index < -0.39 is 32.2 Å². The number of hydrogen-bond donors (Lipinski definition) is 2. The molecule has 1 heterocycles. The van der Waals surface area contributed by atoms with Gasteiger partial charge in [0.05, 0.1) is 0 Å². The van der Waals surface area contributed by atoms with Gasteiger partial charge in [-0.05, 0) is 12.1 Å². The van der Waals surface area contributed by atoms with Crippen LogP contribution in [0.1, 0.15) is 5.82 Å². The highest BCUT2D eigenvalue weighted by Gasteiger charge is 2.22. The summed E-state index contributed by atoms with van der Waals surface area (Å²) in [6, 6.07) is 1.62. The SMILES string of the molecule is Cn1cnc(CCNS(=O)(=O)c2ccc(F)c(N)c2F)n1. The molecule has 0 fully saturated rings. The van der Waals surface area contributed by atoms with Crippen LogP contribution in [0.15, 0.2) is 23.4 Å². The summed E-state index contributed by atoms with van der Waals surface area (Å²) in [6.45, 7) is -0.0247. The first kappa shape index (κ1) is 15.3. The molecule has 0 atom stereocenters. The van der Waals surface area contributed by atoms with Crippen LogP contribution in [0.4, 0.5) is 14.5 Å². The predicted molar refractivity (Wildman–Crippen MR) is 70.7 cm³/mol. The van der Waals surface area contributed by atoms with Gasteiger partial charge in [-0.25, -0.2) is 26.9 Å². The Hall–Kier alpha value is -2.07. The van der Waals surface area contributed by atoms with E-state index in [1.165, 1.54) is 11.0 Å². The van der Waals surface area contributed by atoms with E-state index in [0.29, 0.717) is 5.82 Å². The summed E-state index contributed by atoms with van der Waals surface area (Å²) in [4.78, 5) is 3.23. The molecule has 21 heavy (non-hydrogen) atoms. The van der Waals surface area contributed by atoms with Gasteiger partial charge in [-0.15, -0.1) is 0 Å². The van der Waals surface area contributed by atoms with Crippen molar-refractivity contribution in [2.75, 3.05) is 12.3 Å². The number of nitrogens with zero attached hydrogens (tertiary/aromatic N) is 3. The molecule has 0 spiro atoms. The number of rotatable bonds is 5. The van der Waals surface area contributed by atoms with Gasteiger partial charge in [-0.3, -0.25) is 4.68 Å². The number of aromatic nitrogens is 3. The molecule has 10 heteroatoms. The fraction of sp³-hybridized carbons (Fsp3) is 0.273. The Kier molecular flexibility index (Phi) is 4.19. The first-order valence-corrected chi connectivity index (χ1v) is 7.37. The van der Waals surface area contributed by atoms with Crippen LogP contribution >= 0.6 is 0 Å². The summed E-state index contributed by atoms with van der Waals surface area (Å²) in [6.07, 6.45) is 1.71. The van der Waals surface area contributed by atoms with Crippen LogP contribution in [-0.4, -0.2) is 29.7 Å². The van der Waals surface area contributed by atoms with Crippen LogP contribution in [0.2, 0.25) is 0 Å². The number of nitrogens with two attached hydrogens (primary N) is 1. The highest BCUT2D eigenvalue weighted by atomic mass is 32.2. The molecule has 0 bridgehead atoms. The Balaban J connectivity index is 2.10. The quantitative estimate of drug-likeness (QED) is 0.767. The maximum atomic E-state index is 13.7. The van der Waals surface area contributed by atoms with Gasteiger partial charge in [-0.1, -0.05) is 0 Å². The summed E-state index contributed by atoms with van der Waals surface area (Å²) in [5.41, 5.74) is 4.31. The summed E-state index contributed by atoms with van der Waals surface area (Å²) < 4.78 is 54.3.